The van der Waals surface area contributed by atoms with E-state index in [1.54, 1.807) is 18.2 Å². The van der Waals surface area contributed by atoms with Crippen LogP contribution < -0.4 is 0 Å². The number of aliphatic hydroxyl groups is 1. The Hall–Kier alpha value is -0.810. The van der Waals surface area contributed by atoms with E-state index in [4.69, 9.17) is 28.3 Å². The molecule has 1 aliphatic rings. The highest BCUT2D eigenvalue weighted by molar-refractivity contribution is 6.43. The Morgan fingerprint density at radius 1 is 1.14 bits per heavy atom. The molecule has 1 amide bonds. The summed E-state index contributed by atoms with van der Waals surface area (Å²) >= 11 is 12.1. The molecule has 0 radical (unpaired) electrons. The van der Waals surface area contributed by atoms with Crippen LogP contribution in [0.5, 0.6) is 0 Å². The van der Waals surface area contributed by atoms with E-state index in [1.165, 1.54) is 0 Å². The summed E-state index contributed by atoms with van der Waals surface area (Å²) in [6, 6.07) is 5.14. The van der Waals surface area contributed by atoms with Gasteiger partial charge in [0.1, 0.15) is 0 Å². The number of rotatable bonds is 5. The molecule has 1 heterocycles. The Labute approximate surface area is 135 Å². The average Bonchev–Trinajstić information content (AvgIpc) is 2.50. The zero-order chi connectivity index (χ0) is 15.2. The van der Waals surface area contributed by atoms with E-state index >= 15 is 0 Å². The van der Waals surface area contributed by atoms with Crippen molar-refractivity contribution in [1.82, 2.24) is 9.80 Å². The molecule has 116 valence electrons. The predicted molar refractivity (Wildman–Crippen MR) is 85.1 cm³/mol. The van der Waals surface area contributed by atoms with Gasteiger partial charge in [-0.15, -0.1) is 0 Å². The molecule has 1 aromatic carbocycles. The second-order valence-electron chi connectivity index (χ2n) is 5.17. The fourth-order valence-electron chi connectivity index (χ4n) is 2.46. The average molecular weight is 331 g/mol. The van der Waals surface area contributed by atoms with E-state index < -0.39 is 0 Å². The molecular formula is C15H20Cl2N2O2. The quantitative estimate of drug-likeness (QED) is 0.843. The molecule has 1 aromatic rings. The van der Waals surface area contributed by atoms with Crippen LogP contribution in [0.3, 0.4) is 0 Å². The van der Waals surface area contributed by atoms with E-state index in [0.717, 1.165) is 32.5 Å². The van der Waals surface area contributed by atoms with Crippen LogP contribution >= 0.6 is 23.2 Å². The molecule has 0 spiro atoms. The number of carbonyl (C=O) groups is 1. The number of aliphatic hydroxyl groups excluding tert-OH is 1. The second kappa shape index (κ2) is 7.99. The van der Waals surface area contributed by atoms with Crippen molar-refractivity contribution in [2.24, 2.45) is 0 Å². The van der Waals surface area contributed by atoms with Crippen molar-refractivity contribution < 1.29 is 9.90 Å². The maximum absolute atomic E-state index is 12.5. The number of amides is 1. The summed E-state index contributed by atoms with van der Waals surface area (Å²) in [4.78, 5) is 16.6. The number of hydrogen-bond acceptors (Lipinski definition) is 3. The largest absolute Gasteiger partial charge is 0.396 e. The van der Waals surface area contributed by atoms with Gasteiger partial charge >= 0.3 is 0 Å². The van der Waals surface area contributed by atoms with Crippen molar-refractivity contribution in [2.45, 2.75) is 12.8 Å². The molecule has 1 N–H and O–H groups in total. The summed E-state index contributed by atoms with van der Waals surface area (Å²) in [5.74, 6) is -0.0579. The van der Waals surface area contributed by atoms with Gasteiger partial charge in [-0.3, -0.25) is 9.69 Å². The molecule has 1 saturated heterocycles. The Kier molecular flexibility index (Phi) is 6.30. The maximum atomic E-state index is 12.5. The van der Waals surface area contributed by atoms with Crippen LogP contribution in [0.2, 0.25) is 10.0 Å². The SMILES string of the molecule is O=C(c1cccc(Cl)c1Cl)N1CCN(CCCCO)CC1. The fourth-order valence-corrected chi connectivity index (χ4v) is 2.84. The summed E-state index contributed by atoms with van der Waals surface area (Å²) in [7, 11) is 0. The van der Waals surface area contributed by atoms with Crippen LogP contribution in [0.1, 0.15) is 23.2 Å². The first-order chi connectivity index (χ1) is 10.1. The standard InChI is InChI=1S/C15H20Cl2N2O2/c16-13-5-3-4-12(14(13)17)15(21)19-9-7-18(8-10-19)6-1-2-11-20/h3-5,20H,1-2,6-11H2. The predicted octanol–water partition coefficient (Wildman–Crippen LogP) is 2.52. The topological polar surface area (TPSA) is 43.8 Å². The molecule has 0 aromatic heterocycles. The summed E-state index contributed by atoms with van der Waals surface area (Å²) in [5.41, 5.74) is 0.470. The van der Waals surface area contributed by atoms with Crippen molar-refractivity contribution in [3.8, 4) is 0 Å². The van der Waals surface area contributed by atoms with Gasteiger partial charge in [-0.05, 0) is 31.5 Å². The van der Waals surface area contributed by atoms with Gasteiger partial charge in [-0.1, -0.05) is 29.3 Å². The second-order valence-corrected chi connectivity index (χ2v) is 5.95. The van der Waals surface area contributed by atoms with E-state index in [2.05, 4.69) is 4.90 Å². The first-order valence-corrected chi connectivity index (χ1v) is 7.95. The van der Waals surface area contributed by atoms with Crippen LogP contribution in [-0.4, -0.2) is 60.1 Å². The molecule has 0 unspecified atom stereocenters. The maximum Gasteiger partial charge on any atom is 0.255 e. The molecule has 4 nitrogen and oxygen atoms in total. The molecule has 2 rings (SSSR count). The summed E-state index contributed by atoms with van der Waals surface area (Å²) < 4.78 is 0. The van der Waals surface area contributed by atoms with Gasteiger partial charge in [-0.25, -0.2) is 0 Å². The molecule has 1 fully saturated rings. The highest BCUT2D eigenvalue weighted by atomic mass is 35.5. The van der Waals surface area contributed by atoms with E-state index in [1.807, 2.05) is 4.90 Å². The third kappa shape index (κ3) is 4.33. The molecule has 0 aliphatic carbocycles. The Morgan fingerprint density at radius 2 is 1.86 bits per heavy atom. The van der Waals surface area contributed by atoms with Crippen LogP contribution in [-0.2, 0) is 0 Å². The Bertz CT molecular complexity index is 489. The molecule has 0 bridgehead atoms. The lowest BCUT2D eigenvalue weighted by Gasteiger charge is -2.35. The van der Waals surface area contributed by atoms with Gasteiger partial charge in [-0.2, -0.15) is 0 Å². The van der Waals surface area contributed by atoms with Crippen molar-refractivity contribution >= 4 is 29.1 Å². The molecule has 6 heteroatoms. The van der Waals surface area contributed by atoms with Crippen LogP contribution in [0, 0.1) is 0 Å². The Balaban J connectivity index is 1.90. The smallest absolute Gasteiger partial charge is 0.255 e. The van der Waals surface area contributed by atoms with Gasteiger partial charge in [0.15, 0.2) is 0 Å². The highest BCUT2D eigenvalue weighted by Crippen LogP contribution is 2.26. The lowest BCUT2D eigenvalue weighted by molar-refractivity contribution is 0.0634. The minimum absolute atomic E-state index is 0.0579. The number of benzene rings is 1. The van der Waals surface area contributed by atoms with Crippen molar-refractivity contribution in [3.63, 3.8) is 0 Å². The van der Waals surface area contributed by atoms with Gasteiger partial charge in [0.25, 0.3) is 5.91 Å². The van der Waals surface area contributed by atoms with E-state index in [0.29, 0.717) is 28.7 Å². The first kappa shape index (κ1) is 16.6. The summed E-state index contributed by atoms with van der Waals surface area (Å²) in [6.45, 7) is 4.32. The lowest BCUT2D eigenvalue weighted by Crippen LogP contribution is -2.48. The molecule has 0 saturated carbocycles. The number of unbranched alkanes of at least 4 members (excludes halogenated alkanes) is 1. The number of nitrogens with zero attached hydrogens (tertiary/aromatic N) is 2. The molecule has 1 aliphatic heterocycles. The number of carbonyl (C=O) groups excluding carboxylic acids is 1. The van der Waals surface area contributed by atoms with Crippen LogP contribution in [0.4, 0.5) is 0 Å². The van der Waals surface area contributed by atoms with E-state index in [9.17, 15) is 4.79 Å². The highest BCUT2D eigenvalue weighted by Gasteiger charge is 2.23. The zero-order valence-electron chi connectivity index (χ0n) is 11.9. The van der Waals surface area contributed by atoms with Gasteiger partial charge in [0.05, 0.1) is 15.6 Å². The minimum atomic E-state index is -0.0579. The van der Waals surface area contributed by atoms with Crippen LogP contribution in [0.25, 0.3) is 0 Å². The molecule has 21 heavy (non-hydrogen) atoms. The van der Waals surface area contributed by atoms with Gasteiger partial charge in [0.2, 0.25) is 0 Å². The van der Waals surface area contributed by atoms with Crippen molar-refractivity contribution in [1.29, 1.82) is 0 Å². The summed E-state index contributed by atoms with van der Waals surface area (Å²) in [5, 5.41) is 9.53. The zero-order valence-corrected chi connectivity index (χ0v) is 13.4. The van der Waals surface area contributed by atoms with Crippen molar-refractivity contribution in [2.75, 3.05) is 39.3 Å². The summed E-state index contributed by atoms with van der Waals surface area (Å²) in [6.07, 6.45) is 1.82. The van der Waals surface area contributed by atoms with Gasteiger partial charge < -0.3 is 10.0 Å². The molecular weight excluding hydrogens is 311 g/mol. The van der Waals surface area contributed by atoms with E-state index in [-0.39, 0.29) is 12.5 Å². The third-order valence-electron chi connectivity index (χ3n) is 3.72. The van der Waals surface area contributed by atoms with Gasteiger partial charge in [0, 0.05) is 32.8 Å². The van der Waals surface area contributed by atoms with Crippen LogP contribution in [0.15, 0.2) is 18.2 Å². The lowest BCUT2D eigenvalue weighted by atomic mass is 10.1. The minimum Gasteiger partial charge on any atom is -0.396 e. The first-order valence-electron chi connectivity index (χ1n) is 7.20. The monoisotopic (exact) mass is 330 g/mol. The third-order valence-corrected chi connectivity index (χ3v) is 4.54. The Morgan fingerprint density at radius 3 is 2.52 bits per heavy atom. The molecule has 0 atom stereocenters. The number of halogens is 2. The number of hydrogen-bond donors (Lipinski definition) is 1. The van der Waals surface area contributed by atoms with Crippen molar-refractivity contribution in [3.05, 3.63) is 33.8 Å². The fraction of sp³-hybridized carbons (Fsp3) is 0.533. The number of piperazine rings is 1. The normalized spacial score (nSPS) is 16.2.